The van der Waals surface area contributed by atoms with E-state index in [1.807, 2.05) is 5.38 Å². The molecule has 2 rings (SSSR count). The minimum absolute atomic E-state index is 0.519. The quantitative estimate of drug-likeness (QED) is 0.938. The summed E-state index contributed by atoms with van der Waals surface area (Å²) in [6.45, 7) is 0.587. The van der Waals surface area contributed by atoms with E-state index in [0.29, 0.717) is 22.3 Å². The van der Waals surface area contributed by atoms with E-state index in [-0.39, 0.29) is 0 Å². The average Bonchev–Trinajstić information content (AvgIpc) is 2.80. The van der Waals surface area contributed by atoms with Crippen LogP contribution in [-0.4, -0.2) is 18.6 Å². The van der Waals surface area contributed by atoms with E-state index >= 15 is 0 Å². The Balaban J connectivity index is 2.40. The molecule has 2 aromatic rings. The molecule has 0 aliphatic heterocycles. The average molecular weight is 303 g/mol. The van der Waals surface area contributed by atoms with Gasteiger partial charge in [0.15, 0.2) is 0 Å². The zero-order valence-electron chi connectivity index (χ0n) is 9.74. The molecule has 1 heterocycles. The summed E-state index contributed by atoms with van der Waals surface area (Å²) < 4.78 is 5.11. The Morgan fingerprint density at radius 3 is 2.78 bits per heavy atom. The van der Waals surface area contributed by atoms with Crippen LogP contribution in [0.1, 0.15) is 5.01 Å². The van der Waals surface area contributed by atoms with Crippen LogP contribution in [0.3, 0.4) is 0 Å². The van der Waals surface area contributed by atoms with Gasteiger partial charge in [-0.3, -0.25) is 0 Å². The lowest BCUT2D eigenvalue weighted by Gasteiger charge is -2.07. The van der Waals surface area contributed by atoms with E-state index in [1.165, 1.54) is 0 Å². The molecule has 0 aliphatic rings. The van der Waals surface area contributed by atoms with Gasteiger partial charge < -0.3 is 10.5 Å². The van der Waals surface area contributed by atoms with Crippen molar-refractivity contribution in [2.24, 2.45) is 5.73 Å². The van der Waals surface area contributed by atoms with Gasteiger partial charge >= 0.3 is 0 Å². The molecular weight excluding hydrogens is 291 g/mol. The van der Waals surface area contributed by atoms with Crippen molar-refractivity contribution in [3.63, 3.8) is 0 Å². The highest BCUT2D eigenvalue weighted by molar-refractivity contribution is 7.09. The van der Waals surface area contributed by atoms with Gasteiger partial charge in [-0.05, 0) is 12.6 Å². The van der Waals surface area contributed by atoms with Crippen LogP contribution >= 0.6 is 34.5 Å². The zero-order chi connectivity index (χ0) is 13.1. The lowest BCUT2D eigenvalue weighted by atomic mass is 10.1. The van der Waals surface area contributed by atoms with Crippen LogP contribution in [0, 0.1) is 0 Å². The maximum Gasteiger partial charge on any atom is 0.138 e. The van der Waals surface area contributed by atoms with Gasteiger partial charge in [-0.15, -0.1) is 11.3 Å². The number of methoxy groups -OCH3 is 1. The van der Waals surface area contributed by atoms with Crippen molar-refractivity contribution < 1.29 is 4.74 Å². The predicted molar refractivity (Wildman–Crippen MR) is 76.9 cm³/mol. The van der Waals surface area contributed by atoms with Crippen molar-refractivity contribution in [1.82, 2.24) is 4.98 Å². The highest BCUT2D eigenvalue weighted by Crippen LogP contribution is 2.36. The van der Waals surface area contributed by atoms with Gasteiger partial charge in [-0.1, -0.05) is 23.2 Å². The van der Waals surface area contributed by atoms with E-state index in [0.717, 1.165) is 22.7 Å². The first kappa shape index (κ1) is 13.6. The monoisotopic (exact) mass is 302 g/mol. The van der Waals surface area contributed by atoms with E-state index in [1.54, 1.807) is 30.6 Å². The van der Waals surface area contributed by atoms with Crippen LogP contribution < -0.4 is 10.5 Å². The first-order valence-electron chi connectivity index (χ1n) is 5.33. The maximum atomic E-state index is 6.20. The molecule has 0 unspecified atom stereocenters. The molecule has 96 valence electrons. The zero-order valence-corrected chi connectivity index (χ0v) is 12.1. The first-order chi connectivity index (χ1) is 8.65. The Morgan fingerprint density at radius 2 is 2.11 bits per heavy atom. The fourth-order valence-electron chi connectivity index (χ4n) is 1.55. The SMILES string of the molecule is COc1cc(Cl)c(-c2csc(CCN)n2)cc1Cl. The summed E-state index contributed by atoms with van der Waals surface area (Å²) in [5.41, 5.74) is 7.13. The standard InChI is InChI=1S/C12H12Cl2N2OS/c1-17-11-5-8(13)7(4-9(11)14)10-6-18-12(16-10)2-3-15/h4-6H,2-3,15H2,1H3. The van der Waals surface area contributed by atoms with Gasteiger partial charge in [0.1, 0.15) is 5.75 Å². The molecule has 6 heteroatoms. The topological polar surface area (TPSA) is 48.1 Å². The third kappa shape index (κ3) is 2.78. The number of rotatable bonds is 4. The summed E-state index contributed by atoms with van der Waals surface area (Å²) in [4.78, 5) is 4.48. The number of ether oxygens (including phenoxy) is 1. The molecule has 0 saturated carbocycles. The normalized spacial score (nSPS) is 10.7. The second-order valence-corrected chi connectivity index (χ2v) is 5.39. The molecule has 18 heavy (non-hydrogen) atoms. The molecule has 0 radical (unpaired) electrons. The van der Waals surface area contributed by atoms with E-state index in [4.69, 9.17) is 33.7 Å². The van der Waals surface area contributed by atoms with Crippen LogP contribution in [0.25, 0.3) is 11.3 Å². The van der Waals surface area contributed by atoms with Crippen LogP contribution in [-0.2, 0) is 6.42 Å². The summed E-state index contributed by atoms with van der Waals surface area (Å²) in [7, 11) is 1.55. The van der Waals surface area contributed by atoms with Gasteiger partial charge in [0.05, 0.1) is 27.9 Å². The summed E-state index contributed by atoms with van der Waals surface area (Å²) in [5.74, 6) is 0.558. The molecule has 1 aromatic heterocycles. The smallest absolute Gasteiger partial charge is 0.138 e. The third-order valence-electron chi connectivity index (χ3n) is 2.43. The Labute approximate surface area is 120 Å². The lowest BCUT2D eigenvalue weighted by Crippen LogP contribution is -2.02. The maximum absolute atomic E-state index is 6.20. The minimum Gasteiger partial charge on any atom is -0.495 e. The number of thiazole rings is 1. The van der Waals surface area contributed by atoms with E-state index in [9.17, 15) is 0 Å². The summed E-state index contributed by atoms with van der Waals surface area (Å²) in [6, 6.07) is 3.46. The lowest BCUT2D eigenvalue weighted by molar-refractivity contribution is 0.415. The van der Waals surface area contributed by atoms with Gasteiger partial charge in [0.2, 0.25) is 0 Å². The largest absolute Gasteiger partial charge is 0.495 e. The Morgan fingerprint density at radius 1 is 1.33 bits per heavy atom. The summed E-state index contributed by atoms with van der Waals surface area (Å²) in [6.07, 6.45) is 0.770. The molecular formula is C12H12Cl2N2OS. The molecule has 0 amide bonds. The minimum atomic E-state index is 0.519. The van der Waals surface area contributed by atoms with Gasteiger partial charge in [0, 0.05) is 23.4 Å². The van der Waals surface area contributed by atoms with Crippen molar-refractivity contribution >= 4 is 34.5 Å². The van der Waals surface area contributed by atoms with Gasteiger partial charge in [-0.2, -0.15) is 0 Å². The van der Waals surface area contributed by atoms with Gasteiger partial charge in [0.25, 0.3) is 0 Å². The number of hydrogen-bond acceptors (Lipinski definition) is 4. The summed E-state index contributed by atoms with van der Waals surface area (Å²) in [5, 5.41) is 4.04. The fourth-order valence-corrected chi connectivity index (χ4v) is 2.86. The Kier molecular flexibility index (Phi) is 4.45. The number of nitrogens with two attached hydrogens (primary N) is 1. The highest BCUT2D eigenvalue weighted by Gasteiger charge is 2.12. The molecule has 0 aliphatic carbocycles. The Hall–Kier alpha value is -0.810. The Bertz CT molecular complexity index is 557. The molecule has 0 bridgehead atoms. The second kappa shape index (κ2) is 5.89. The van der Waals surface area contributed by atoms with Crippen molar-refractivity contribution in [1.29, 1.82) is 0 Å². The second-order valence-electron chi connectivity index (χ2n) is 3.63. The predicted octanol–water partition coefficient (Wildman–Crippen LogP) is 3.63. The van der Waals surface area contributed by atoms with Crippen molar-refractivity contribution in [3.05, 3.63) is 32.6 Å². The first-order valence-corrected chi connectivity index (χ1v) is 6.97. The molecule has 1 aromatic carbocycles. The third-order valence-corrected chi connectivity index (χ3v) is 3.94. The molecule has 0 spiro atoms. The van der Waals surface area contributed by atoms with Crippen LogP contribution in [0.5, 0.6) is 5.75 Å². The number of halogens is 2. The molecule has 0 saturated heterocycles. The molecule has 2 N–H and O–H groups in total. The van der Waals surface area contributed by atoms with Crippen molar-refractivity contribution in [2.75, 3.05) is 13.7 Å². The van der Waals surface area contributed by atoms with Crippen molar-refractivity contribution in [2.45, 2.75) is 6.42 Å². The number of hydrogen-bond donors (Lipinski definition) is 1. The van der Waals surface area contributed by atoms with Crippen LogP contribution in [0.2, 0.25) is 10.0 Å². The number of benzene rings is 1. The highest BCUT2D eigenvalue weighted by atomic mass is 35.5. The molecule has 0 atom stereocenters. The van der Waals surface area contributed by atoms with E-state index < -0.39 is 0 Å². The van der Waals surface area contributed by atoms with E-state index in [2.05, 4.69) is 4.98 Å². The van der Waals surface area contributed by atoms with Crippen LogP contribution in [0.15, 0.2) is 17.5 Å². The van der Waals surface area contributed by atoms with Crippen LogP contribution in [0.4, 0.5) is 0 Å². The van der Waals surface area contributed by atoms with Gasteiger partial charge in [-0.25, -0.2) is 4.98 Å². The number of aromatic nitrogens is 1. The van der Waals surface area contributed by atoms with Crippen molar-refractivity contribution in [3.8, 4) is 17.0 Å². The fraction of sp³-hybridized carbons (Fsp3) is 0.250. The number of nitrogens with zero attached hydrogens (tertiary/aromatic N) is 1. The summed E-state index contributed by atoms with van der Waals surface area (Å²) >= 11 is 13.9. The molecule has 0 fully saturated rings. The molecule has 3 nitrogen and oxygen atoms in total.